The lowest BCUT2D eigenvalue weighted by atomic mass is 9.85. The number of aromatic nitrogens is 4. The summed E-state index contributed by atoms with van der Waals surface area (Å²) < 4.78 is 11.5. The molecule has 298 valence electrons. The molecule has 0 saturated heterocycles. The topological polar surface area (TPSA) is 44.9 Å². The molecule has 0 unspecified atom stereocenters. The summed E-state index contributed by atoms with van der Waals surface area (Å²) in [7, 11) is 0. The normalized spacial score (nSPS) is 12.1. The van der Waals surface area contributed by atoms with Crippen LogP contribution in [0.5, 0.6) is 11.5 Å². The molecule has 0 radical (unpaired) electrons. The highest BCUT2D eigenvalue weighted by atomic mass is 16.5. The molecule has 5 nitrogen and oxygen atoms in total. The predicted molar refractivity (Wildman–Crippen MR) is 250 cm³/mol. The molecule has 3 aromatic heterocycles. The van der Waals surface area contributed by atoms with Gasteiger partial charge in [-0.25, -0.2) is 9.97 Å². The number of fused-ring (bicyclic) bond motifs is 3. The average Bonchev–Trinajstić information content (AvgIpc) is 3.83. The average molecular weight is 785 g/mol. The molecule has 0 aliphatic heterocycles. The van der Waals surface area contributed by atoms with Crippen LogP contribution in [0.15, 0.2) is 152 Å². The van der Waals surface area contributed by atoms with Crippen LogP contribution in [0.25, 0.3) is 67.0 Å². The largest absolute Gasteiger partial charge is 0.457 e. The Kier molecular flexibility index (Phi) is 9.59. The van der Waals surface area contributed by atoms with E-state index in [1.807, 2.05) is 12.4 Å². The zero-order chi connectivity index (χ0) is 41.9. The first-order valence-electron chi connectivity index (χ1n) is 20.9. The molecule has 0 aliphatic rings. The molecule has 0 N–H and O–H groups in total. The molecule has 0 spiro atoms. The number of aryl methyl sites for hydroxylation is 3. The molecule has 0 fully saturated rings. The highest BCUT2D eigenvalue weighted by Crippen LogP contribution is 2.41. The van der Waals surface area contributed by atoms with Gasteiger partial charge in [0.1, 0.15) is 23.1 Å². The quantitative estimate of drug-likeness (QED) is 0.162. The first-order chi connectivity index (χ1) is 28.7. The fourth-order valence-corrected chi connectivity index (χ4v) is 8.69. The molecule has 0 bridgehead atoms. The van der Waals surface area contributed by atoms with E-state index < -0.39 is 0 Å². The Morgan fingerprint density at radius 3 is 1.97 bits per heavy atom. The van der Waals surface area contributed by atoms with Crippen LogP contribution >= 0.6 is 0 Å². The fourth-order valence-electron chi connectivity index (χ4n) is 8.69. The third-order valence-corrected chi connectivity index (χ3v) is 11.7. The lowest BCUT2D eigenvalue weighted by Crippen LogP contribution is -2.11. The number of hydrogen-bond acceptors (Lipinski definition) is 3. The Labute approximate surface area is 354 Å². The third kappa shape index (κ3) is 7.19. The second kappa shape index (κ2) is 14.8. The first-order valence-corrected chi connectivity index (χ1v) is 20.9. The number of para-hydroxylation sites is 1. The van der Waals surface area contributed by atoms with E-state index in [2.05, 4.69) is 211 Å². The van der Waals surface area contributed by atoms with Gasteiger partial charge in [0, 0.05) is 46.6 Å². The van der Waals surface area contributed by atoms with Crippen molar-refractivity contribution in [3.8, 4) is 56.6 Å². The van der Waals surface area contributed by atoms with E-state index in [-0.39, 0.29) is 10.8 Å². The summed E-state index contributed by atoms with van der Waals surface area (Å²) in [5.74, 6) is 3.23. The number of imidazole rings is 1. The maximum absolute atomic E-state index is 6.94. The molecule has 60 heavy (non-hydrogen) atoms. The summed E-state index contributed by atoms with van der Waals surface area (Å²) >= 11 is 0. The zero-order valence-corrected chi connectivity index (χ0v) is 36.1. The van der Waals surface area contributed by atoms with Crippen LogP contribution in [-0.4, -0.2) is 19.1 Å². The summed E-state index contributed by atoms with van der Waals surface area (Å²) in [5, 5.41) is 2.29. The van der Waals surface area contributed by atoms with Gasteiger partial charge in [0.05, 0.1) is 16.7 Å². The molecule has 0 atom stereocenters. The fraction of sp³-hybridized carbons (Fsp3) is 0.200. The molecule has 9 aromatic rings. The smallest absolute Gasteiger partial charge is 0.144 e. The van der Waals surface area contributed by atoms with Gasteiger partial charge < -0.3 is 4.74 Å². The van der Waals surface area contributed by atoms with Crippen molar-refractivity contribution in [3.63, 3.8) is 0 Å². The molecule has 9 rings (SSSR count). The van der Waals surface area contributed by atoms with Gasteiger partial charge in [-0.2, -0.15) is 0 Å². The van der Waals surface area contributed by atoms with Crippen molar-refractivity contribution < 1.29 is 4.74 Å². The Balaban J connectivity index is 1.21. The van der Waals surface area contributed by atoms with Crippen molar-refractivity contribution in [2.45, 2.75) is 73.1 Å². The number of hydrogen-bond donors (Lipinski definition) is 0. The van der Waals surface area contributed by atoms with E-state index >= 15 is 0 Å². The summed E-state index contributed by atoms with van der Waals surface area (Å²) in [5.41, 5.74) is 14.9. The van der Waals surface area contributed by atoms with Gasteiger partial charge in [-0.05, 0) is 113 Å². The molecule has 0 amide bonds. The van der Waals surface area contributed by atoms with Crippen molar-refractivity contribution in [1.29, 1.82) is 0 Å². The Bertz CT molecular complexity index is 3040. The van der Waals surface area contributed by atoms with Crippen molar-refractivity contribution in [3.05, 3.63) is 180 Å². The molecule has 5 heteroatoms. The number of rotatable bonds is 7. The van der Waals surface area contributed by atoms with Crippen LogP contribution in [0.4, 0.5) is 0 Å². The third-order valence-electron chi connectivity index (χ3n) is 11.7. The Morgan fingerprint density at radius 1 is 0.517 bits per heavy atom. The van der Waals surface area contributed by atoms with Gasteiger partial charge in [0.2, 0.25) is 0 Å². The van der Waals surface area contributed by atoms with Crippen LogP contribution in [0.3, 0.4) is 0 Å². The van der Waals surface area contributed by atoms with E-state index in [0.717, 1.165) is 72.9 Å². The van der Waals surface area contributed by atoms with Gasteiger partial charge in [0.15, 0.2) is 0 Å². The SMILES string of the molecule is Cc1cc(C)c(-n2ccnc2-c2cc(Oc3ccc4c5cccc(-c6ccccc6)c5n(-c5cc(-c6cccc(C(C)(C)C)c6)ccn5)c4c3)cc(C(C)(C)C)c2)c(C)c1. The van der Waals surface area contributed by atoms with Crippen molar-refractivity contribution in [1.82, 2.24) is 19.1 Å². The number of pyridine rings is 1. The van der Waals surface area contributed by atoms with E-state index in [0.29, 0.717) is 0 Å². The van der Waals surface area contributed by atoms with Crippen LogP contribution < -0.4 is 4.74 Å². The maximum Gasteiger partial charge on any atom is 0.144 e. The van der Waals surface area contributed by atoms with Crippen molar-refractivity contribution >= 4 is 21.8 Å². The molecular weight excluding hydrogens is 733 g/mol. The molecular formula is C55H52N4O. The summed E-state index contributed by atoms with van der Waals surface area (Å²) in [6.45, 7) is 20.0. The molecule has 6 aromatic carbocycles. The van der Waals surface area contributed by atoms with Gasteiger partial charge in [-0.1, -0.05) is 132 Å². The summed E-state index contributed by atoms with van der Waals surface area (Å²) in [4.78, 5) is 9.99. The molecule has 0 saturated carbocycles. The lowest BCUT2D eigenvalue weighted by molar-refractivity contribution is 0.479. The van der Waals surface area contributed by atoms with Gasteiger partial charge in [0.25, 0.3) is 0 Å². The number of ether oxygens (including phenoxy) is 1. The maximum atomic E-state index is 6.94. The number of nitrogens with zero attached hydrogens (tertiary/aromatic N) is 4. The highest BCUT2D eigenvalue weighted by Gasteiger charge is 2.22. The predicted octanol–water partition coefficient (Wildman–Crippen LogP) is 14.7. The monoisotopic (exact) mass is 784 g/mol. The van der Waals surface area contributed by atoms with Crippen LogP contribution in [-0.2, 0) is 10.8 Å². The Hall–Kier alpha value is -6.72. The van der Waals surface area contributed by atoms with E-state index in [1.54, 1.807) is 0 Å². The number of benzene rings is 6. The van der Waals surface area contributed by atoms with Crippen LogP contribution in [0.2, 0.25) is 0 Å². The second-order valence-corrected chi connectivity index (χ2v) is 18.3. The minimum atomic E-state index is -0.130. The first kappa shape index (κ1) is 38.8. The van der Waals surface area contributed by atoms with Gasteiger partial charge >= 0.3 is 0 Å². The highest BCUT2D eigenvalue weighted by molar-refractivity contribution is 6.14. The van der Waals surface area contributed by atoms with E-state index in [9.17, 15) is 0 Å². The van der Waals surface area contributed by atoms with Crippen LogP contribution in [0, 0.1) is 20.8 Å². The minimum Gasteiger partial charge on any atom is -0.457 e. The second-order valence-electron chi connectivity index (χ2n) is 18.3. The standard InChI is InChI=1S/C55H52N4O/c1-35-27-36(2)51(37(3)28-35)58-26-25-57-53(58)41-30-43(55(7,8)9)33-45(31-41)60-44-21-22-47-48-20-14-19-46(38-15-11-10-12-16-38)52(48)59(49(47)34-44)50-32-40(23-24-56-50)39-17-13-18-42(29-39)54(4,5)6/h10-34H,1-9H3. The molecule has 0 aliphatic carbocycles. The summed E-state index contributed by atoms with van der Waals surface area (Å²) in [6, 6.07) is 47.9. The summed E-state index contributed by atoms with van der Waals surface area (Å²) in [6.07, 6.45) is 5.88. The van der Waals surface area contributed by atoms with Gasteiger partial charge in [-0.3, -0.25) is 9.13 Å². The van der Waals surface area contributed by atoms with E-state index in [4.69, 9.17) is 14.7 Å². The minimum absolute atomic E-state index is 0.0346. The van der Waals surface area contributed by atoms with Gasteiger partial charge in [-0.15, -0.1) is 0 Å². The zero-order valence-electron chi connectivity index (χ0n) is 36.1. The lowest BCUT2D eigenvalue weighted by Gasteiger charge is -2.22. The van der Waals surface area contributed by atoms with Crippen LogP contribution in [0.1, 0.15) is 69.4 Å². The van der Waals surface area contributed by atoms with Crippen molar-refractivity contribution in [2.75, 3.05) is 0 Å². The Morgan fingerprint density at radius 2 is 1.22 bits per heavy atom. The molecule has 3 heterocycles. The van der Waals surface area contributed by atoms with E-state index in [1.165, 1.54) is 33.4 Å². The van der Waals surface area contributed by atoms with Crippen molar-refractivity contribution in [2.24, 2.45) is 0 Å².